The van der Waals surface area contributed by atoms with E-state index >= 15 is 0 Å². The van der Waals surface area contributed by atoms with Crippen LogP contribution in [0.15, 0.2) is 12.4 Å². The van der Waals surface area contributed by atoms with Crippen LogP contribution in [0.3, 0.4) is 0 Å². The van der Waals surface area contributed by atoms with Crippen LogP contribution in [-0.4, -0.2) is 29.6 Å². The summed E-state index contributed by atoms with van der Waals surface area (Å²) in [5, 5.41) is 3.06. The van der Waals surface area contributed by atoms with Crippen LogP contribution in [0.2, 0.25) is 0 Å². The predicted molar refractivity (Wildman–Crippen MR) is 66.9 cm³/mol. The van der Waals surface area contributed by atoms with E-state index in [0.29, 0.717) is 6.04 Å². The largest absolute Gasteiger partial charge is 0.373 e. The van der Waals surface area contributed by atoms with E-state index < -0.39 is 0 Å². The molecule has 2 rings (SSSR count). The highest BCUT2D eigenvalue weighted by atomic mass is 15.2. The normalized spacial score (nSPS) is 14.9. The second kappa shape index (κ2) is 5.14. The van der Waals surface area contributed by atoms with E-state index in [2.05, 4.69) is 27.1 Å². The van der Waals surface area contributed by atoms with E-state index in [9.17, 15) is 0 Å². The summed E-state index contributed by atoms with van der Waals surface area (Å²) < 4.78 is 0. The fourth-order valence-electron chi connectivity index (χ4n) is 1.84. The van der Waals surface area contributed by atoms with E-state index in [4.69, 9.17) is 0 Å². The van der Waals surface area contributed by atoms with Gasteiger partial charge in [0.05, 0.1) is 0 Å². The number of nitrogens with zero attached hydrogens (tertiary/aromatic N) is 3. The molecule has 0 bridgehead atoms. The van der Waals surface area contributed by atoms with Gasteiger partial charge in [0, 0.05) is 25.7 Å². The van der Waals surface area contributed by atoms with Crippen LogP contribution in [0.1, 0.15) is 32.6 Å². The standard InChI is InChI=1S/C12H20N4/c1-3-4-7-16(10-5-6-10)12-8-11(13-2)14-9-15-12/h8-10H,3-7H2,1-2H3,(H,13,14,15). The van der Waals surface area contributed by atoms with Gasteiger partial charge in [-0.05, 0) is 19.3 Å². The van der Waals surface area contributed by atoms with Gasteiger partial charge in [0.1, 0.15) is 18.0 Å². The number of rotatable bonds is 6. The van der Waals surface area contributed by atoms with Gasteiger partial charge in [0.15, 0.2) is 0 Å². The lowest BCUT2D eigenvalue weighted by molar-refractivity contribution is 0.703. The zero-order valence-corrected chi connectivity index (χ0v) is 10.1. The van der Waals surface area contributed by atoms with Crippen LogP contribution in [-0.2, 0) is 0 Å². The Bertz CT molecular complexity index is 336. The van der Waals surface area contributed by atoms with Crippen molar-refractivity contribution in [1.82, 2.24) is 9.97 Å². The van der Waals surface area contributed by atoms with E-state index in [1.807, 2.05) is 13.1 Å². The summed E-state index contributed by atoms with van der Waals surface area (Å²) in [5.74, 6) is 1.96. The minimum absolute atomic E-state index is 0.714. The maximum atomic E-state index is 4.38. The highest BCUT2D eigenvalue weighted by Crippen LogP contribution is 2.31. The van der Waals surface area contributed by atoms with Gasteiger partial charge in [-0.2, -0.15) is 0 Å². The first-order valence-corrected chi connectivity index (χ1v) is 6.11. The number of aromatic nitrogens is 2. The molecule has 1 saturated carbocycles. The molecule has 1 aromatic heterocycles. The zero-order chi connectivity index (χ0) is 11.4. The van der Waals surface area contributed by atoms with Crippen molar-refractivity contribution in [3.63, 3.8) is 0 Å². The molecule has 1 N–H and O–H groups in total. The maximum Gasteiger partial charge on any atom is 0.134 e. The van der Waals surface area contributed by atoms with E-state index in [1.54, 1.807) is 6.33 Å². The topological polar surface area (TPSA) is 41.0 Å². The smallest absolute Gasteiger partial charge is 0.134 e. The summed E-state index contributed by atoms with van der Waals surface area (Å²) >= 11 is 0. The molecule has 0 unspecified atom stereocenters. The van der Waals surface area contributed by atoms with Crippen molar-refractivity contribution in [2.24, 2.45) is 0 Å². The predicted octanol–water partition coefficient (Wildman–Crippen LogP) is 2.29. The van der Waals surface area contributed by atoms with Crippen molar-refractivity contribution >= 4 is 11.6 Å². The molecule has 0 saturated heterocycles. The number of hydrogen-bond acceptors (Lipinski definition) is 4. The molecule has 88 valence electrons. The van der Waals surface area contributed by atoms with Gasteiger partial charge in [-0.1, -0.05) is 13.3 Å². The first-order valence-electron chi connectivity index (χ1n) is 6.11. The van der Waals surface area contributed by atoms with Crippen molar-refractivity contribution in [3.05, 3.63) is 12.4 Å². The molecule has 0 atom stereocenters. The summed E-state index contributed by atoms with van der Waals surface area (Å²) in [4.78, 5) is 11.0. The van der Waals surface area contributed by atoms with Gasteiger partial charge in [-0.3, -0.25) is 0 Å². The third-order valence-corrected chi connectivity index (χ3v) is 2.94. The van der Waals surface area contributed by atoms with Crippen molar-refractivity contribution in [1.29, 1.82) is 0 Å². The molecule has 16 heavy (non-hydrogen) atoms. The maximum absolute atomic E-state index is 4.38. The molecule has 0 aromatic carbocycles. The molecule has 1 aliphatic rings. The summed E-state index contributed by atoms with van der Waals surface area (Å²) in [6, 6.07) is 2.75. The van der Waals surface area contributed by atoms with Crippen LogP contribution in [0.5, 0.6) is 0 Å². The van der Waals surface area contributed by atoms with Gasteiger partial charge < -0.3 is 10.2 Å². The highest BCUT2D eigenvalue weighted by molar-refractivity contribution is 5.49. The molecule has 0 radical (unpaired) electrons. The van der Waals surface area contributed by atoms with Crippen LogP contribution in [0, 0.1) is 0 Å². The Balaban J connectivity index is 2.10. The van der Waals surface area contributed by atoms with Gasteiger partial charge in [0.2, 0.25) is 0 Å². The quantitative estimate of drug-likeness (QED) is 0.798. The van der Waals surface area contributed by atoms with Crippen LogP contribution >= 0.6 is 0 Å². The molecule has 1 aromatic rings. The minimum atomic E-state index is 0.714. The fourth-order valence-corrected chi connectivity index (χ4v) is 1.84. The molecule has 4 nitrogen and oxygen atoms in total. The Morgan fingerprint density at radius 2 is 2.25 bits per heavy atom. The van der Waals surface area contributed by atoms with Gasteiger partial charge in [-0.25, -0.2) is 9.97 Å². The summed E-state index contributed by atoms with van der Waals surface area (Å²) in [6.07, 6.45) is 6.72. The van der Waals surface area contributed by atoms with Crippen molar-refractivity contribution in [3.8, 4) is 0 Å². The lowest BCUT2D eigenvalue weighted by atomic mass is 10.3. The van der Waals surface area contributed by atoms with Crippen LogP contribution in [0.4, 0.5) is 11.6 Å². The van der Waals surface area contributed by atoms with Crippen molar-refractivity contribution in [2.45, 2.75) is 38.6 Å². The summed E-state index contributed by atoms with van der Waals surface area (Å²) in [5.41, 5.74) is 0. The second-order valence-corrected chi connectivity index (χ2v) is 4.29. The third-order valence-electron chi connectivity index (χ3n) is 2.94. The lowest BCUT2D eigenvalue weighted by Crippen LogP contribution is -2.27. The minimum Gasteiger partial charge on any atom is -0.373 e. The number of unbranched alkanes of at least 4 members (excludes halogenated alkanes) is 1. The average molecular weight is 220 g/mol. The first kappa shape index (κ1) is 11.2. The zero-order valence-electron chi connectivity index (χ0n) is 10.1. The van der Waals surface area contributed by atoms with Crippen molar-refractivity contribution < 1.29 is 0 Å². The van der Waals surface area contributed by atoms with Gasteiger partial charge in [-0.15, -0.1) is 0 Å². The highest BCUT2D eigenvalue weighted by Gasteiger charge is 2.29. The van der Waals surface area contributed by atoms with E-state index in [0.717, 1.165) is 18.2 Å². The van der Waals surface area contributed by atoms with Crippen LogP contribution in [0.25, 0.3) is 0 Å². The van der Waals surface area contributed by atoms with E-state index in [1.165, 1.54) is 25.7 Å². The monoisotopic (exact) mass is 220 g/mol. The number of anilines is 2. The van der Waals surface area contributed by atoms with Gasteiger partial charge >= 0.3 is 0 Å². The molecule has 0 amide bonds. The molecular weight excluding hydrogens is 200 g/mol. The molecule has 1 fully saturated rings. The number of hydrogen-bond donors (Lipinski definition) is 1. The Kier molecular flexibility index (Phi) is 3.59. The molecule has 4 heteroatoms. The second-order valence-electron chi connectivity index (χ2n) is 4.29. The molecule has 1 heterocycles. The van der Waals surface area contributed by atoms with E-state index in [-0.39, 0.29) is 0 Å². The fraction of sp³-hybridized carbons (Fsp3) is 0.667. The third kappa shape index (κ3) is 2.62. The van der Waals surface area contributed by atoms with Crippen molar-refractivity contribution in [2.75, 3.05) is 23.8 Å². The number of nitrogens with one attached hydrogen (secondary N) is 1. The lowest BCUT2D eigenvalue weighted by Gasteiger charge is -2.23. The Morgan fingerprint density at radius 3 is 2.88 bits per heavy atom. The summed E-state index contributed by atoms with van der Waals surface area (Å²) in [6.45, 7) is 3.34. The Labute approximate surface area is 97.1 Å². The van der Waals surface area contributed by atoms with Gasteiger partial charge in [0.25, 0.3) is 0 Å². The molecule has 1 aliphatic carbocycles. The Morgan fingerprint density at radius 1 is 1.44 bits per heavy atom. The molecule has 0 aliphatic heterocycles. The SMILES string of the molecule is CCCCN(c1cc(NC)ncn1)C1CC1. The summed E-state index contributed by atoms with van der Waals surface area (Å²) in [7, 11) is 1.89. The first-order chi connectivity index (χ1) is 7.85. The Hall–Kier alpha value is -1.32. The molecule has 0 spiro atoms. The average Bonchev–Trinajstić information content (AvgIpc) is 3.14. The van der Waals surface area contributed by atoms with Crippen LogP contribution < -0.4 is 10.2 Å². The molecular formula is C12H20N4.